The van der Waals surface area contributed by atoms with Crippen LogP contribution in [0.15, 0.2) is 18.2 Å². The molecule has 1 aliphatic carbocycles. The van der Waals surface area contributed by atoms with Crippen LogP contribution in [0.25, 0.3) is 0 Å². The second kappa shape index (κ2) is 5.69. The Hall–Kier alpha value is -1.79. The maximum absolute atomic E-state index is 12.5. The Bertz CT molecular complexity index is 703. The van der Waals surface area contributed by atoms with E-state index in [1.807, 2.05) is 0 Å². The molecule has 1 saturated carbocycles. The number of rotatable bonds is 4. The summed E-state index contributed by atoms with van der Waals surface area (Å²) in [5, 5.41) is 12.4. The summed E-state index contributed by atoms with van der Waals surface area (Å²) in [6.07, 6.45) is 1.08. The zero-order valence-electron chi connectivity index (χ0n) is 12.0. The average molecular weight is 357 g/mol. The summed E-state index contributed by atoms with van der Waals surface area (Å²) >= 11 is 12.0. The van der Waals surface area contributed by atoms with Crippen LogP contribution in [0.2, 0.25) is 10.0 Å². The van der Waals surface area contributed by atoms with Crippen molar-refractivity contribution in [1.82, 2.24) is 5.32 Å². The quantitative estimate of drug-likeness (QED) is 0.808. The first-order valence-electron chi connectivity index (χ1n) is 7.16. The third kappa shape index (κ3) is 2.88. The number of amides is 2. The average Bonchev–Trinajstić information content (AvgIpc) is 3.17. The van der Waals surface area contributed by atoms with Gasteiger partial charge in [-0.05, 0) is 37.5 Å². The highest BCUT2D eigenvalue weighted by Gasteiger charge is 2.53. The molecule has 1 atom stereocenters. The number of halogens is 2. The first kappa shape index (κ1) is 16.1. The largest absolute Gasteiger partial charge is 0.480 e. The van der Waals surface area contributed by atoms with Gasteiger partial charge >= 0.3 is 5.97 Å². The first-order valence-corrected chi connectivity index (χ1v) is 7.91. The minimum atomic E-state index is -1.20. The number of nitrogens with zero attached hydrogens (tertiary/aromatic N) is 1. The molecule has 0 spiro atoms. The number of carboxylic acids is 1. The predicted octanol–water partition coefficient (Wildman–Crippen LogP) is 2.08. The van der Waals surface area contributed by atoms with E-state index in [1.165, 1.54) is 4.90 Å². The molecule has 0 bridgehead atoms. The van der Waals surface area contributed by atoms with Crippen molar-refractivity contribution >= 4 is 46.7 Å². The van der Waals surface area contributed by atoms with Gasteiger partial charge < -0.3 is 15.3 Å². The van der Waals surface area contributed by atoms with Gasteiger partial charge in [0, 0.05) is 11.6 Å². The molecule has 1 unspecified atom stereocenters. The maximum atomic E-state index is 12.5. The van der Waals surface area contributed by atoms with Gasteiger partial charge in [-0.2, -0.15) is 0 Å². The molecular formula is C15H14Cl2N2O4. The fraction of sp³-hybridized carbons (Fsp3) is 0.400. The number of carbonyl (C=O) groups excluding carboxylic acids is 2. The zero-order valence-corrected chi connectivity index (χ0v) is 13.5. The normalized spacial score (nSPS) is 22.1. The number of carbonyl (C=O) groups is 3. The minimum absolute atomic E-state index is 0.309. The van der Waals surface area contributed by atoms with E-state index < -0.39 is 29.2 Å². The molecule has 1 saturated heterocycles. The number of carboxylic acid groups (broad SMARTS) is 1. The first-order chi connectivity index (χ1) is 10.8. The second-order valence-electron chi connectivity index (χ2n) is 5.80. The number of hydrogen-bond acceptors (Lipinski definition) is 3. The predicted molar refractivity (Wildman–Crippen MR) is 84.7 cm³/mol. The van der Waals surface area contributed by atoms with Crippen molar-refractivity contribution in [2.24, 2.45) is 5.92 Å². The molecule has 1 aromatic rings. The van der Waals surface area contributed by atoms with Gasteiger partial charge in [-0.25, -0.2) is 4.79 Å². The van der Waals surface area contributed by atoms with E-state index in [1.54, 1.807) is 18.2 Å². The SMILES string of the molecule is O=C(NC1(C(=O)O)CC1)C1CCN(c2cc(Cl)ccc2Cl)C1=O. The van der Waals surface area contributed by atoms with E-state index in [0.29, 0.717) is 41.5 Å². The molecule has 1 heterocycles. The van der Waals surface area contributed by atoms with E-state index in [2.05, 4.69) is 5.32 Å². The van der Waals surface area contributed by atoms with Crippen LogP contribution in [-0.4, -0.2) is 35.0 Å². The molecule has 1 aromatic carbocycles. The molecule has 2 N–H and O–H groups in total. The summed E-state index contributed by atoms with van der Waals surface area (Å²) in [6.45, 7) is 0.330. The van der Waals surface area contributed by atoms with Gasteiger partial charge in [-0.3, -0.25) is 9.59 Å². The number of aliphatic carboxylic acids is 1. The zero-order chi connectivity index (χ0) is 16.8. The molecule has 3 rings (SSSR count). The van der Waals surface area contributed by atoms with Gasteiger partial charge in [0.1, 0.15) is 11.5 Å². The Labute approximate surface area is 142 Å². The van der Waals surface area contributed by atoms with Gasteiger partial charge in [-0.15, -0.1) is 0 Å². The lowest BCUT2D eigenvalue weighted by molar-refractivity contribution is -0.144. The summed E-state index contributed by atoms with van der Waals surface area (Å²) < 4.78 is 0. The Morgan fingerprint density at radius 3 is 2.61 bits per heavy atom. The summed E-state index contributed by atoms with van der Waals surface area (Å²) in [7, 11) is 0. The van der Waals surface area contributed by atoms with Crippen LogP contribution in [0, 0.1) is 5.92 Å². The van der Waals surface area contributed by atoms with E-state index in [4.69, 9.17) is 28.3 Å². The van der Waals surface area contributed by atoms with E-state index >= 15 is 0 Å². The lowest BCUT2D eigenvalue weighted by atomic mass is 10.1. The van der Waals surface area contributed by atoms with Crippen LogP contribution in [0.3, 0.4) is 0 Å². The highest BCUT2D eigenvalue weighted by Crippen LogP contribution is 2.37. The third-order valence-electron chi connectivity index (χ3n) is 4.24. The van der Waals surface area contributed by atoms with Crippen LogP contribution in [-0.2, 0) is 14.4 Å². The molecule has 8 heteroatoms. The Morgan fingerprint density at radius 2 is 2.00 bits per heavy atom. The van der Waals surface area contributed by atoms with Crippen molar-refractivity contribution in [2.75, 3.05) is 11.4 Å². The third-order valence-corrected chi connectivity index (χ3v) is 4.80. The number of hydrogen-bond donors (Lipinski definition) is 2. The molecule has 0 aromatic heterocycles. The van der Waals surface area contributed by atoms with Crippen molar-refractivity contribution < 1.29 is 19.5 Å². The van der Waals surface area contributed by atoms with Crippen LogP contribution in [0.4, 0.5) is 5.69 Å². The Morgan fingerprint density at radius 1 is 1.30 bits per heavy atom. The fourth-order valence-electron chi connectivity index (χ4n) is 2.70. The van der Waals surface area contributed by atoms with Gasteiger partial charge in [0.05, 0.1) is 10.7 Å². The molecule has 2 fully saturated rings. The minimum Gasteiger partial charge on any atom is -0.480 e. The van der Waals surface area contributed by atoms with E-state index in [-0.39, 0.29) is 0 Å². The lowest BCUT2D eigenvalue weighted by Gasteiger charge is -2.19. The van der Waals surface area contributed by atoms with E-state index in [0.717, 1.165) is 0 Å². The molecule has 2 amide bonds. The molecule has 6 nitrogen and oxygen atoms in total. The van der Waals surface area contributed by atoms with Crippen molar-refractivity contribution in [3.63, 3.8) is 0 Å². The maximum Gasteiger partial charge on any atom is 0.329 e. The van der Waals surface area contributed by atoms with Crippen molar-refractivity contribution in [3.05, 3.63) is 28.2 Å². The summed E-state index contributed by atoms with van der Waals surface area (Å²) in [6, 6.07) is 4.77. The van der Waals surface area contributed by atoms with Gasteiger partial charge in [0.25, 0.3) is 0 Å². The topological polar surface area (TPSA) is 86.7 Å². The fourth-order valence-corrected chi connectivity index (χ4v) is 3.08. The van der Waals surface area contributed by atoms with Crippen molar-refractivity contribution in [2.45, 2.75) is 24.8 Å². The van der Waals surface area contributed by atoms with Gasteiger partial charge in [0.15, 0.2) is 0 Å². The van der Waals surface area contributed by atoms with Crippen LogP contribution < -0.4 is 10.2 Å². The van der Waals surface area contributed by atoms with Crippen LogP contribution in [0.1, 0.15) is 19.3 Å². The number of benzene rings is 1. The van der Waals surface area contributed by atoms with Gasteiger partial charge in [-0.1, -0.05) is 23.2 Å². The molecule has 2 aliphatic rings. The highest BCUT2D eigenvalue weighted by atomic mass is 35.5. The summed E-state index contributed by atoms with van der Waals surface area (Å²) in [5.74, 6) is -2.91. The van der Waals surface area contributed by atoms with Crippen LogP contribution >= 0.6 is 23.2 Å². The Kier molecular flexibility index (Phi) is 3.98. The number of nitrogens with one attached hydrogen (secondary N) is 1. The number of anilines is 1. The summed E-state index contributed by atoms with van der Waals surface area (Å²) in [4.78, 5) is 37.3. The lowest BCUT2D eigenvalue weighted by Crippen LogP contribution is -2.47. The standard InChI is InChI=1S/C15H14Cl2N2O4/c16-8-1-2-10(17)11(7-8)19-6-3-9(13(19)21)12(20)18-15(4-5-15)14(22)23/h1-2,7,9H,3-6H2,(H,18,20)(H,22,23). The van der Waals surface area contributed by atoms with Gasteiger partial charge in [0.2, 0.25) is 11.8 Å². The second-order valence-corrected chi connectivity index (χ2v) is 6.65. The van der Waals surface area contributed by atoms with Crippen molar-refractivity contribution in [3.8, 4) is 0 Å². The van der Waals surface area contributed by atoms with Crippen molar-refractivity contribution in [1.29, 1.82) is 0 Å². The Balaban J connectivity index is 1.75. The highest BCUT2D eigenvalue weighted by molar-refractivity contribution is 6.36. The van der Waals surface area contributed by atoms with E-state index in [9.17, 15) is 14.4 Å². The monoisotopic (exact) mass is 356 g/mol. The molecule has 23 heavy (non-hydrogen) atoms. The van der Waals surface area contributed by atoms with Crippen LogP contribution in [0.5, 0.6) is 0 Å². The molecule has 1 aliphatic heterocycles. The molecular weight excluding hydrogens is 343 g/mol. The smallest absolute Gasteiger partial charge is 0.329 e. The summed E-state index contributed by atoms with van der Waals surface area (Å²) in [5.41, 5.74) is -0.739. The molecule has 0 radical (unpaired) electrons. The molecule has 122 valence electrons.